The topological polar surface area (TPSA) is 90.9 Å². The predicted octanol–water partition coefficient (Wildman–Crippen LogP) is 0.929. The summed E-state index contributed by atoms with van der Waals surface area (Å²) >= 11 is 0. The Morgan fingerprint density at radius 3 is 2.85 bits per heavy atom. The van der Waals surface area contributed by atoms with E-state index in [-0.39, 0.29) is 23.6 Å². The maximum Gasteiger partial charge on any atom is 0.262 e. The van der Waals surface area contributed by atoms with Crippen LogP contribution in [0.3, 0.4) is 0 Å². The SMILES string of the molecule is O=C(NCC(O)CNC1CC2=C(CCC=C2)C1)C1=CC=C(C(=O)N2CCOCC2)C#CC1F. The van der Waals surface area contributed by atoms with E-state index in [4.69, 9.17) is 4.74 Å². The van der Waals surface area contributed by atoms with Crippen molar-refractivity contribution in [3.05, 3.63) is 46.6 Å². The van der Waals surface area contributed by atoms with Crippen molar-refractivity contribution in [2.24, 2.45) is 0 Å². The van der Waals surface area contributed by atoms with Crippen LogP contribution in [0.4, 0.5) is 4.39 Å². The molecule has 0 aromatic heterocycles. The van der Waals surface area contributed by atoms with Gasteiger partial charge in [0.15, 0.2) is 6.17 Å². The van der Waals surface area contributed by atoms with Crippen LogP contribution in [0.5, 0.6) is 0 Å². The zero-order chi connectivity index (χ0) is 23.2. The van der Waals surface area contributed by atoms with E-state index in [2.05, 4.69) is 34.6 Å². The normalized spacial score (nSPS) is 25.3. The average Bonchev–Trinajstić information content (AvgIpc) is 3.16. The number of nitrogens with one attached hydrogen (secondary N) is 2. The van der Waals surface area contributed by atoms with Crippen LogP contribution >= 0.6 is 0 Å². The van der Waals surface area contributed by atoms with Gasteiger partial charge in [-0.1, -0.05) is 29.6 Å². The van der Waals surface area contributed by atoms with Gasteiger partial charge in [0.25, 0.3) is 11.8 Å². The summed E-state index contributed by atoms with van der Waals surface area (Å²) in [6.45, 7) is 2.15. The van der Waals surface area contributed by atoms with Gasteiger partial charge >= 0.3 is 0 Å². The predicted molar refractivity (Wildman–Crippen MR) is 122 cm³/mol. The summed E-state index contributed by atoms with van der Waals surface area (Å²) in [6.07, 6.45) is 8.61. The summed E-state index contributed by atoms with van der Waals surface area (Å²) in [4.78, 5) is 26.7. The molecule has 1 aliphatic heterocycles. The van der Waals surface area contributed by atoms with Gasteiger partial charge in [-0.3, -0.25) is 9.59 Å². The second-order valence-electron chi connectivity index (χ2n) is 8.69. The molecule has 176 valence electrons. The highest BCUT2D eigenvalue weighted by Crippen LogP contribution is 2.33. The molecular formula is C25H30FN3O4. The van der Waals surface area contributed by atoms with Crippen molar-refractivity contribution >= 4 is 11.8 Å². The van der Waals surface area contributed by atoms with Crippen molar-refractivity contribution in [1.82, 2.24) is 15.5 Å². The number of carbonyl (C=O) groups excluding carboxylic acids is 2. The highest BCUT2D eigenvalue weighted by Gasteiger charge is 2.26. The molecule has 0 radical (unpaired) electrons. The number of amides is 2. The fourth-order valence-electron chi connectivity index (χ4n) is 4.44. The third-order valence-corrected chi connectivity index (χ3v) is 6.31. The Labute approximate surface area is 193 Å². The summed E-state index contributed by atoms with van der Waals surface area (Å²) in [5, 5.41) is 16.2. The van der Waals surface area contributed by atoms with Crippen LogP contribution in [0, 0.1) is 11.8 Å². The van der Waals surface area contributed by atoms with E-state index >= 15 is 0 Å². The molecule has 3 atom stereocenters. The lowest BCUT2D eigenvalue weighted by atomic mass is 10.0. The standard InChI is InChI=1S/C25H30FN3O4/c26-23-8-6-17(25(32)29-9-11-33-12-10-29)5-7-22(23)24(31)28-16-21(30)15-27-20-13-18-3-1-2-4-19(18)14-20/h1,3,5,7,20-21,23,27,30H,2,4,9-16H2,(H,28,31). The third kappa shape index (κ3) is 5.99. The van der Waals surface area contributed by atoms with Crippen LogP contribution in [-0.2, 0) is 14.3 Å². The Hall–Kier alpha value is -2.73. The molecule has 7 nitrogen and oxygen atoms in total. The molecule has 4 aliphatic rings. The minimum absolute atomic E-state index is 0.00757. The molecule has 8 heteroatoms. The number of hydrogen-bond donors (Lipinski definition) is 3. The van der Waals surface area contributed by atoms with E-state index < -0.39 is 18.2 Å². The molecule has 0 bridgehead atoms. The molecule has 3 N–H and O–H groups in total. The Morgan fingerprint density at radius 1 is 1.24 bits per heavy atom. The minimum atomic E-state index is -1.81. The number of rotatable bonds is 7. The maximum atomic E-state index is 14.5. The van der Waals surface area contributed by atoms with Crippen LogP contribution < -0.4 is 10.6 Å². The van der Waals surface area contributed by atoms with Gasteiger partial charge < -0.3 is 25.4 Å². The number of aliphatic hydroxyl groups is 1. The lowest BCUT2D eigenvalue weighted by Crippen LogP contribution is -2.41. The number of halogens is 1. The first-order chi connectivity index (χ1) is 16.0. The molecule has 3 aliphatic carbocycles. The van der Waals surface area contributed by atoms with Gasteiger partial charge in [0.05, 0.1) is 30.5 Å². The summed E-state index contributed by atoms with van der Waals surface area (Å²) in [6, 6.07) is 0.297. The minimum Gasteiger partial charge on any atom is -0.390 e. The van der Waals surface area contributed by atoms with Crippen LogP contribution in [0.15, 0.2) is 46.6 Å². The fraction of sp³-hybridized carbons (Fsp3) is 0.520. The van der Waals surface area contributed by atoms with Crippen molar-refractivity contribution in [3.8, 4) is 11.8 Å². The summed E-state index contributed by atoms with van der Waals surface area (Å²) in [5.41, 5.74) is 2.87. The molecule has 1 fully saturated rings. The van der Waals surface area contributed by atoms with Gasteiger partial charge in [-0.15, -0.1) is 0 Å². The van der Waals surface area contributed by atoms with Crippen molar-refractivity contribution in [3.63, 3.8) is 0 Å². The number of hydrogen-bond acceptors (Lipinski definition) is 5. The summed E-state index contributed by atoms with van der Waals surface area (Å²) in [5.74, 6) is 3.96. The fourth-order valence-corrected chi connectivity index (χ4v) is 4.44. The smallest absolute Gasteiger partial charge is 0.262 e. The van der Waals surface area contributed by atoms with Crippen molar-refractivity contribution < 1.29 is 23.8 Å². The maximum absolute atomic E-state index is 14.5. The van der Waals surface area contributed by atoms with Crippen LogP contribution in [0.25, 0.3) is 0 Å². The van der Waals surface area contributed by atoms with Crippen molar-refractivity contribution in [1.29, 1.82) is 0 Å². The van der Waals surface area contributed by atoms with Crippen LogP contribution in [0.2, 0.25) is 0 Å². The first kappa shape index (κ1) is 23.4. The largest absolute Gasteiger partial charge is 0.390 e. The van der Waals surface area contributed by atoms with Gasteiger partial charge in [-0.2, -0.15) is 0 Å². The third-order valence-electron chi connectivity index (χ3n) is 6.31. The van der Waals surface area contributed by atoms with Crippen molar-refractivity contribution in [2.75, 3.05) is 39.4 Å². The van der Waals surface area contributed by atoms with Gasteiger partial charge in [0.2, 0.25) is 0 Å². The highest BCUT2D eigenvalue weighted by atomic mass is 19.1. The van der Waals surface area contributed by atoms with Gasteiger partial charge in [-0.25, -0.2) is 4.39 Å². The second-order valence-corrected chi connectivity index (χ2v) is 8.69. The quantitative estimate of drug-likeness (QED) is 0.497. The van der Waals surface area contributed by atoms with Crippen molar-refractivity contribution in [2.45, 2.75) is 44.0 Å². The Balaban J connectivity index is 1.25. The number of morpholine rings is 1. The van der Waals surface area contributed by atoms with E-state index in [0.29, 0.717) is 38.9 Å². The highest BCUT2D eigenvalue weighted by molar-refractivity contribution is 6.00. The number of aliphatic hydroxyl groups excluding tert-OH is 1. The first-order valence-electron chi connectivity index (χ1n) is 11.5. The second kappa shape index (κ2) is 10.9. The van der Waals surface area contributed by atoms with E-state index in [1.165, 1.54) is 23.3 Å². The Kier molecular flexibility index (Phi) is 7.76. The first-order valence-corrected chi connectivity index (χ1v) is 11.5. The van der Waals surface area contributed by atoms with E-state index in [0.717, 1.165) is 25.7 Å². The molecule has 33 heavy (non-hydrogen) atoms. The lowest BCUT2D eigenvalue weighted by Gasteiger charge is -2.26. The Morgan fingerprint density at radius 2 is 2.06 bits per heavy atom. The van der Waals surface area contributed by atoms with Gasteiger partial charge in [0, 0.05) is 32.2 Å². The van der Waals surface area contributed by atoms with Crippen LogP contribution in [0.1, 0.15) is 25.7 Å². The zero-order valence-electron chi connectivity index (χ0n) is 18.6. The molecule has 3 unspecified atom stereocenters. The molecule has 1 heterocycles. The number of nitrogens with zero attached hydrogens (tertiary/aromatic N) is 1. The number of ether oxygens (including phenoxy) is 1. The molecule has 4 rings (SSSR count). The van der Waals surface area contributed by atoms with E-state index in [1.54, 1.807) is 4.90 Å². The molecule has 0 aromatic rings. The van der Waals surface area contributed by atoms with Gasteiger partial charge in [-0.05, 0) is 43.4 Å². The number of carbonyl (C=O) groups is 2. The summed E-state index contributed by atoms with van der Waals surface area (Å²) in [7, 11) is 0. The van der Waals surface area contributed by atoms with E-state index in [9.17, 15) is 19.1 Å². The molecule has 0 aromatic carbocycles. The zero-order valence-corrected chi connectivity index (χ0v) is 18.6. The molecular weight excluding hydrogens is 425 g/mol. The van der Waals surface area contributed by atoms with E-state index in [1.807, 2.05) is 0 Å². The number of alkyl halides is 1. The number of allylic oxidation sites excluding steroid dienone is 4. The molecule has 2 amide bonds. The summed E-state index contributed by atoms with van der Waals surface area (Å²) < 4.78 is 19.7. The lowest BCUT2D eigenvalue weighted by molar-refractivity contribution is -0.130. The monoisotopic (exact) mass is 455 g/mol. The molecule has 0 spiro atoms. The van der Waals surface area contributed by atoms with Crippen LogP contribution in [-0.4, -0.2) is 79.5 Å². The average molecular weight is 456 g/mol. The molecule has 0 saturated carbocycles. The molecule has 1 saturated heterocycles. The Bertz CT molecular complexity index is 966. The van der Waals surface area contributed by atoms with Gasteiger partial charge in [0.1, 0.15) is 0 Å².